The first-order chi connectivity index (χ1) is 13.3. The number of unbranched alkanes of at least 4 members (excludes halogenated alkanes) is 2. The quantitative estimate of drug-likeness (QED) is 0.347. The van der Waals surface area contributed by atoms with Crippen LogP contribution in [0.25, 0.3) is 0 Å². The van der Waals surface area contributed by atoms with Crippen molar-refractivity contribution in [1.29, 1.82) is 0 Å². The van der Waals surface area contributed by atoms with E-state index in [1.165, 1.54) is 17.8 Å². The highest BCUT2D eigenvalue weighted by Crippen LogP contribution is 2.15. The molecule has 0 saturated carbocycles. The minimum Gasteiger partial charge on any atom is -0.412 e. The topological polar surface area (TPSA) is 150 Å². The molecule has 2 aromatic carbocycles. The normalized spacial score (nSPS) is 9.83. The summed E-state index contributed by atoms with van der Waals surface area (Å²) in [7, 11) is 1.40. The number of nitrogen functional groups attached to an aromatic ring is 2. The molecule has 0 aliphatic carbocycles. The molecule has 0 aromatic heterocycles. The number of anilines is 3. The maximum absolute atomic E-state index is 11.6. The zero-order valence-electron chi connectivity index (χ0n) is 17.6. The van der Waals surface area contributed by atoms with Gasteiger partial charge in [-0.05, 0) is 55.0 Å². The fraction of sp³-hybridized carbons (Fsp3) is 0.400. The van der Waals surface area contributed by atoms with Gasteiger partial charge in [-0.15, -0.1) is 0 Å². The summed E-state index contributed by atoms with van der Waals surface area (Å²) in [6, 6.07) is 13.8. The fourth-order valence-electron chi connectivity index (χ4n) is 2.00. The SMILES string of the molecule is CCCCCOS(=O)(=O)c1ccc(N)cc1.CN(C)c1ccc(N)cc1.CO.O. The third-order valence-electron chi connectivity index (χ3n) is 3.56. The number of hydrogen-bond acceptors (Lipinski definition) is 7. The van der Waals surface area contributed by atoms with Crippen molar-refractivity contribution in [2.45, 2.75) is 31.1 Å². The molecule has 0 heterocycles. The van der Waals surface area contributed by atoms with E-state index in [9.17, 15) is 8.42 Å². The number of benzene rings is 2. The first kappa shape index (κ1) is 28.9. The summed E-state index contributed by atoms with van der Waals surface area (Å²) in [5, 5.41) is 7.00. The Morgan fingerprint density at radius 1 is 0.897 bits per heavy atom. The van der Waals surface area contributed by atoms with Gasteiger partial charge in [0.15, 0.2) is 0 Å². The highest BCUT2D eigenvalue weighted by atomic mass is 32.2. The van der Waals surface area contributed by atoms with E-state index in [1.807, 2.05) is 43.3 Å². The third kappa shape index (κ3) is 12.0. The number of nitrogens with zero attached hydrogens (tertiary/aromatic N) is 1. The molecular formula is C20H35N3O5S. The zero-order valence-corrected chi connectivity index (χ0v) is 18.4. The molecule has 7 N–H and O–H groups in total. The number of hydrogen-bond donors (Lipinski definition) is 3. The van der Waals surface area contributed by atoms with Gasteiger partial charge in [-0.3, -0.25) is 4.18 Å². The molecule has 0 atom stereocenters. The van der Waals surface area contributed by atoms with Gasteiger partial charge in [-0.1, -0.05) is 19.8 Å². The molecular weight excluding hydrogens is 394 g/mol. The van der Waals surface area contributed by atoms with Gasteiger partial charge in [0.1, 0.15) is 0 Å². The molecule has 2 aromatic rings. The van der Waals surface area contributed by atoms with E-state index < -0.39 is 10.1 Å². The smallest absolute Gasteiger partial charge is 0.296 e. The van der Waals surface area contributed by atoms with Crippen LogP contribution >= 0.6 is 0 Å². The van der Waals surface area contributed by atoms with Gasteiger partial charge in [0.2, 0.25) is 0 Å². The zero-order chi connectivity index (χ0) is 21.6. The lowest BCUT2D eigenvalue weighted by atomic mass is 10.3. The fourth-order valence-corrected chi connectivity index (χ4v) is 2.94. The predicted molar refractivity (Wildman–Crippen MR) is 120 cm³/mol. The summed E-state index contributed by atoms with van der Waals surface area (Å²) in [6.07, 6.45) is 2.76. The molecule has 0 unspecified atom stereocenters. The number of nitrogens with two attached hydrogens (primary N) is 2. The van der Waals surface area contributed by atoms with Crippen molar-refractivity contribution in [2.75, 3.05) is 44.2 Å². The van der Waals surface area contributed by atoms with Gasteiger partial charge in [0.05, 0.1) is 11.5 Å². The monoisotopic (exact) mass is 429 g/mol. The van der Waals surface area contributed by atoms with Crippen LogP contribution in [0.3, 0.4) is 0 Å². The van der Waals surface area contributed by atoms with Gasteiger partial charge in [-0.2, -0.15) is 8.42 Å². The van der Waals surface area contributed by atoms with Crippen LogP contribution in [0.1, 0.15) is 26.2 Å². The van der Waals surface area contributed by atoms with Gasteiger partial charge in [-0.25, -0.2) is 0 Å². The standard InChI is InChI=1S/C11H17NO3S.C8H12N2.CH4O.H2O/c1-2-3-4-9-15-16(13,14)11-7-5-10(12)6-8-11;1-10(2)8-5-3-7(9)4-6-8;1-2;/h5-8H,2-4,9,12H2,1H3;3-6H,9H2,1-2H3;2H,1H3;1H2. The molecule has 0 aliphatic rings. The van der Waals surface area contributed by atoms with E-state index in [-0.39, 0.29) is 17.0 Å². The maximum atomic E-state index is 11.6. The number of aliphatic hydroxyl groups excluding tert-OH is 1. The Balaban J connectivity index is 0. The van der Waals surface area contributed by atoms with Crippen LogP contribution in [0.15, 0.2) is 53.4 Å². The lowest BCUT2D eigenvalue weighted by Gasteiger charge is -2.11. The molecule has 0 fully saturated rings. The van der Waals surface area contributed by atoms with Gasteiger partial charge >= 0.3 is 0 Å². The first-order valence-electron chi connectivity index (χ1n) is 8.99. The summed E-state index contributed by atoms with van der Waals surface area (Å²) in [5.41, 5.74) is 13.5. The van der Waals surface area contributed by atoms with Crippen molar-refractivity contribution in [1.82, 2.24) is 0 Å². The lowest BCUT2D eigenvalue weighted by molar-refractivity contribution is 0.308. The Labute approximate surface area is 174 Å². The summed E-state index contributed by atoms with van der Waals surface area (Å²) < 4.78 is 28.2. The minimum absolute atomic E-state index is 0. The highest BCUT2D eigenvalue weighted by Gasteiger charge is 2.14. The number of aliphatic hydroxyl groups is 1. The average molecular weight is 430 g/mol. The molecule has 2 rings (SSSR count). The highest BCUT2D eigenvalue weighted by molar-refractivity contribution is 7.86. The van der Waals surface area contributed by atoms with Crippen LogP contribution in [0.4, 0.5) is 17.1 Å². The van der Waals surface area contributed by atoms with Crippen molar-refractivity contribution in [3.63, 3.8) is 0 Å². The molecule has 0 radical (unpaired) electrons. The Kier molecular flexibility index (Phi) is 15.5. The number of rotatable bonds is 7. The summed E-state index contributed by atoms with van der Waals surface area (Å²) in [5.74, 6) is 0. The largest absolute Gasteiger partial charge is 0.412 e. The molecule has 0 spiro atoms. The Bertz CT molecular complexity index is 749. The van der Waals surface area contributed by atoms with E-state index in [4.69, 9.17) is 20.8 Å². The molecule has 0 bridgehead atoms. The van der Waals surface area contributed by atoms with Crippen LogP contribution in [0, 0.1) is 0 Å². The van der Waals surface area contributed by atoms with Crippen molar-refractivity contribution < 1.29 is 23.2 Å². The molecule has 166 valence electrons. The van der Waals surface area contributed by atoms with Crippen LogP contribution in [0.5, 0.6) is 0 Å². The van der Waals surface area contributed by atoms with Crippen molar-refractivity contribution in [2.24, 2.45) is 0 Å². The van der Waals surface area contributed by atoms with Crippen LogP contribution in [-0.2, 0) is 14.3 Å². The second-order valence-electron chi connectivity index (χ2n) is 6.04. The molecule has 29 heavy (non-hydrogen) atoms. The second kappa shape index (κ2) is 15.6. The van der Waals surface area contributed by atoms with Gasteiger partial charge in [0.25, 0.3) is 10.1 Å². The molecule has 0 aliphatic heterocycles. The molecule has 9 heteroatoms. The van der Waals surface area contributed by atoms with E-state index in [0.717, 1.165) is 32.1 Å². The first-order valence-corrected chi connectivity index (χ1v) is 10.4. The Morgan fingerprint density at radius 2 is 1.34 bits per heavy atom. The third-order valence-corrected chi connectivity index (χ3v) is 4.89. The van der Waals surface area contributed by atoms with Gasteiger partial charge < -0.3 is 26.9 Å². The molecule has 0 saturated heterocycles. The van der Waals surface area contributed by atoms with Crippen molar-refractivity contribution in [3.8, 4) is 0 Å². The van der Waals surface area contributed by atoms with E-state index in [0.29, 0.717) is 5.69 Å². The van der Waals surface area contributed by atoms with E-state index in [1.54, 1.807) is 12.1 Å². The van der Waals surface area contributed by atoms with Crippen LogP contribution in [0.2, 0.25) is 0 Å². The maximum Gasteiger partial charge on any atom is 0.296 e. The van der Waals surface area contributed by atoms with Crippen molar-refractivity contribution >= 4 is 27.2 Å². The minimum atomic E-state index is -3.61. The molecule has 8 nitrogen and oxygen atoms in total. The Morgan fingerprint density at radius 3 is 1.76 bits per heavy atom. The average Bonchev–Trinajstić information content (AvgIpc) is 2.68. The van der Waals surface area contributed by atoms with E-state index >= 15 is 0 Å². The summed E-state index contributed by atoms with van der Waals surface area (Å²) in [4.78, 5) is 2.19. The summed E-state index contributed by atoms with van der Waals surface area (Å²) in [6.45, 7) is 2.29. The lowest BCUT2D eigenvalue weighted by Crippen LogP contribution is -2.08. The second-order valence-corrected chi connectivity index (χ2v) is 7.65. The van der Waals surface area contributed by atoms with Crippen LogP contribution < -0.4 is 16.4 Å². The van der Waals surface area contributed by atoms with Crippen molar-refractivity contribution in [3.05, 3.63) is 48.5 Å². The van der Waals surface area contributed by atoms with Gasteiger partial charge in [0, 0.05) is 38.3 Å². The van der Waals surface area contributed by atoms with Crippen LogP contribution in [-0.4, -0.2) is 46.8 Å². The predicted octanol–water partition coefficient (Wildman–Crippen LogP) is 2.28. The Hall–Kier alpha value is -2.33. The van der Waals surface area contributed by atoms with E-state index in [2.05, 4.69) is 6.92 Å². The molecule has 0 amide bonds. The summed E-state index contributed by atoms with van der Waals surface area (Å²) >= 11 is 0.